The van der Waals surface area contributed by atoms with Crippen LogP contribution in [-0.2, 0) is 14.3 Å². The molecule has 1 saturated carbocycles. The largest absolute Gasteiger partial charge is 0.396 e. The van der Waals surface area contributed by atoms with Gasteiger partial charge in [0.15, 0.2) is 5.79 Å². The zero-order valence-corrected chi connectivity index (χ0v) is 12.0. The summed E-state index contributed by atoms with van der Waals surface area (Å²) in [6.07, 6.45) is 5.78. The Hall–Kier alpha value is -0.690. The Labute approximate surface area is 119 Å². The number of hydrogen-bond donors (Lipinski definition) is 2. The molecule has 2 N–H and O–H groups in total. The van der Waals surface area contributed by atoms with Crippen LogP contribution in [-0.4, -0.2) is 54.2 Å². The zero-order valence-electron chi connectivity index (χ0n) is 12.0. The molecule has 1 aliphatic carbocycles. The normalized spacial score (nSPS) is 37.0. The van der Waals surface area contributed by atoms with E-state index >= 15 is 0 Å². The SMILES string of the molecule is CN1N[C@@H]([C@H]2COC3(CCCCC3)O2)[C@H](CCO)C1=O. The lowest BCUT2D eigenvalue weighted by atomic mass is 9.93. The summed E-state index contributed by atoms with van der Waals surface area (Å²) in [6.45, 7) is 0.544. The third-order valence-corrected chi connectivity index (χ3v) is 4.76. The Balaban J connectivity index is 1.68. The summed E-state index contributed by atoms with van der Waals surface area (Å²) in [4.78, 5) is 12.1. The number of hydrogen-bond acceptors (Lipinski definition) is 5. The van der Waals surface area contributed by atoms with Gasteiger partial charge in [-0.15, -0.1) is 0 Å². The molecule has 3 rings (SSSR count). The van der Waals surface area contributed by atoms with Crippen molar-refractivity contribution >= 4 is 5.91 Å². The van der Waals surface area contributed by atoms with Crippen LogP contribution in [0.15, 0.2) is 0 Å². The minimum atomic E-state index is -0.418. The van der Waals surface area contributed by atoms with E-state index in [1.807, 2.05) is 0 Å². The first kappa shape index (κ1) is 14.3. The standard InChI is InChI=1S/C14H24N2O4/c1-16-13(18)10(5-8-17)12(15-16)11-9-19-14(20-11)6-3-2-4-7-14/h10-12,15,17H,2-9H2,1H3/t10-,11+,12+/m0/s1. The average molecular weight is 284 g/mol. The van der Waals surface area contributed by atoms with Gasteiger partial charge < -0.3 is 14.6 Å². The summed E-state index contributed by atoms with van der Waals surface area (Å²) in [7, 11) is 1.72. The highest BCUT2D eigenvalue weighted by Gasteiger charge is 2.50. The van der Waals surface area contributed by atoms with Crippen molar-refractivity contribution < 1.29 is 19.4 Å². The molecule has 0 aromatic carbocycles. The van der Waals surface area contributed by atoms with Crippen molar-refractivity contribution in [1.29, 1.82) is 0 Å². The van der Waals surface area contributed by atoms with E-state index < -0.39 is 5.79 Å². The van der Waals surface area contributed by atoms with Gasteiger partial charge >= 0.3 is 0 Å². The van der Waals surface area contributed by atoms with Gasteiger partial charge in [-0.2, -0.15) is 0 Å². The summed E-state index contributed by atoms with van der Waals surface area (Å²) >= 11 is 0. The Kier molecular flexibility index (Phi) is 3.99. The molecule has 0 aromatic heterocycles. The van der Waals surface area contributed by atoms with E-state index in [0.717, 1.165) is 25.7 Å². The monoisotopic (exact) mass is 284 g/mol. The average Bonchev–Trinajstić information content (AvgIpc) is 2.97. The van der Waals surface area contributed by atoms with Crippen LogP contribution in [0.4, 0.5) is 0 Å². The van der Waals surface area contributed by atoms with Crippen molar-refractivity contribution in [2.75, 3.05) is 20.3 Å². The predicted molar refractivity (Wildman–Crippen MR) is 71.5 cm³/mol. The maximum Gasteiger partial charge on any atom is 0.241 e. The summed E-state index contributed by atoms with van der Waals surface area (Å²) in [5.74, 6) is -0.618. The minimum absolute atomic E-state index is 0.0150. The lowest BCUT2D eigenvalue weighted by Gasteiger charge is -2.32. The summed E-state index contributed by atoms with van der Waals surface area (Å²) in [5, 5.41) is 10.7. The van der Waals surface area contributed by atoms with Crippen LogP contribution in [0.2, 0.25) is 0 Å². The van der Waals surface area contributed by atoms with E-state index in [9.17, 15) is 4.79 Å². The Morgan fingerprint density at radius 1 is 1.40 bits per heavy atom. The highest BCUT2D eigenvalue weighted by molar-refractivity contribution is 5.81. The number of carbonyl (C=O) groups excluding carboxylic acids is 1. The second-order valence-electron chi connectivity index (χ2n) is 6.11. The first-order valence-corrected chi connectivity index (χ1v) is 7.62. The maximum absolute atomic E-state index is 12.1. The molecule has 1 spiro atoms. The van der Waals surface area contributed by atoms with Crippen molar-refractivity contribution in [1.82, 2.24) is 10.4 Å². The molecule has 6 heteroatoms. The molecule has 0 radical (unpaired) electrons. The second-order valence-corrected chi connectivity index (χ2v) is 6.11. The number of ether oxygens (including phenoxy) is 2. The van der Waals surface area contributed by atoms with Crippen LogP contribution in [0.25, 0.3) is 0 Å². The van der Waals surface area contributed by atoms with Gasteiger partial charge in [0.1, 0.15) is 6.10 Å². The molecular weight excluding hydrogens is 260 g/mol. The number of nitrogens with one attached hydrogen (secondary N) is 1. The molecule has 114 valence electrons. The first-order valence-electron chi connectivity index (χ1n) is 7.62. The van der Waals surface area contributed by atoms with E-state index in [1.165, 1.54) is 11.4 Å². The van der Waals surface area contributed by atoms with E-state index in [2.05, 4.69) is 5.43 Å². The van der Waals surface area contributed by atoms with Crippen molar-refractivity contribution in [2.24, 2.45) is 5.92 Å². The van der Waals surface area contributed by atoms with Crippen molar-refractivity contribution in [3.05, 3.63) is 0 Å². The van der Waals surface area contributed by atoms with Gasteiger partial charge in [0.25, 0.3) is 0 Å². The molecule has 2 saturated heterocycles. The van der Waals surface area contributed by atoms with Gasteiger partial charge in [-0.05, 0) is 19.3 Å². The van der Waals surface area contributed by atoms with Gasteiger partial charge in [0.05, 0.1) is 18.6 Å². The van der Waals surface area contributed by atoms with Crippen molar-refractivity contribution in [3.63, 3.8) is 0 Å². The van der Waals surface area contributed by atoms with Crippen LogP contribution in [0.3, 0.4) is 0 Å². The van der Waals surface area contributed by atoms with E-state index in [4.69, 9.17) is 14.6 Å². The number of carbonyl (C=O) groups is 1. The smallest absolute Gasteiger partial charge is 0.241 e. The molecule has 1 amide bonds. The molecule has 3 atom stereocenters. The van der Waals surface area contributed by atoms with Crippen LogP contribution in [0, 0.1) is 5.92 Å². The minimum Gasteiger partial charge on any atom is -0.396 e. The zero-order chi connectivity index (χ0) is 14.2. The summed E-state index contributed by atoms with van der Waals surface area (Å²) in [6, 6.07) is -0.0963. The van der Waals surface area contributed by atoms with E-state index in [1.54, 1.807) is 7.05 Å². The number of aliphatic hydroxyl groups is 1. The van der Waals surface area contributed by atoms with Crippen molar-refractivity contribution in [3.8, 4) is 0 Å². The number of aliphatic hydroxyl groups excluding tert-OH is 1. The quantitative estimate of drug-likeness (QED) is 0.785. The molecule has 3 aliphatic rings. The van der Waals surface area contributed by atoms with E-state index in [-0.39, 0.29) is 30.6 Å². The third-order valence-electron chi connectivity index (χ3n) is 4.76. The summed E-state index contributed by atoms with van der Waals surface area (Å²) in [5.41, 5.74) is 3.17. The first-order chi connectivity index (χ1) is 9.65. The number of amides is 1. The fourth-order valence-electron chi connectivity index (χ4n) is 3.67. The fourth-order valence-corrected chi connectivity index (χ4v) is 3.67. The fraction of sp³-hybridized carbons (Fsp3) is 0.929. The van der Waals surface area contributed by atoms with Gasteiger partial charge in [0, 0.05) is 26.5 Å². The predicted octanol–water partition coefficient (Wildman–Crippen LogP) is 0.406. The van der Waals surface area contributed by atoms with Crippen LogP contribution in [0.5, 0.6) is 0 Å². The topological polar surface area (TPSA) is 71.0 Å². The van der Waals surface area contributed by atoms with E-state index in [0.29, 0.717) is 13.0 Å². The molecule has 2 aliphatic heterocycles. The highest BCUT2D eigenvalue weighted by Crippen LogP contribution is 2.40. The van der Waals surface area contributed by atoms with Gasteiger partial charge in [-0.3, -0.25) is 9.80 Å². The van der Waals surface area contributed by atoms with Crippen molar-refractivity contribution in [2.45, 2.75) is 56.5 Å². The number of nitrogens with zero attached hydrogens (tertiary/aromatic N) is 1. The van der Waals surface area contributed by atoms with Crippen LogP contribution >= 0.6 is 0 Å². The number of hydrazine groups is 1. The van der Waals surface area contributed by atoms with Crippen LogP contribution in [0.1, 0.15) is 38.5 Å². The molecule has 0 bridgehead atoms. The molecule has 3 fully saturated rings. The lowest BCUT2D eigenvalue weighted by Crippen LogP contribution is -2.45. The molecule has 0 aromatic rings. The molecule has 0 unspecified atom stereocenters. The van der Waals surface area contributed by atoms with Gasteiger partial charge in [0.2, 0.25) is 5.91 Å². The Morgan fingerprint density at radius 3 is 2.85 bits per heavy atom. The molecule has 2 heterocycles. The Morgan fingerprint density at radius 2 is 2.15 bits per heavy atom. The van der Waals surface area contributed by atoms with Gasteiger partial charge in [-0.25, -0.2) is 5.43 Å². The summed E-state index contributed by atoms with van der Waals surface area (Å²) < 4.78 is 12.2. The van der Waals surface area contributed by atoms with Crippen LogP contribution < -0.4 is 5.43 Å². The molecule has 6 nitrogen and oxygen atoms in total. The third kappa shape index (κ3) is 2.45. The maximum atomic E-state index is 12.1. The molecule has 20 heavy (non-hydrogen) atoms. The Bertz CT molecular complexity index is 370. The number of rotatable bonds is 3. The lowest BCUT2D eigenvalue weighted by molar-refractivity contribution is -0.190. The van der Waals surface area contributed by atoms with Gasteiger partial charge in [-0.1, -0.05) is 6.42 Å². The second kappa shape index (κ2) is 5.60. The molecular formula is C14H24N2O4. The highest BCUT2D eigenvalue weighted by atomic mass is 16.7.